The summed E-state index contributed by atoms with van der Waals surface area (Å²) in [5.41, 5.74) is 4.23. The van der Waals surface area contributed by atoms with Gasteiger partial charge in [0.05, 0.1) is 11.4 Å². The minimum atomic E-state index is -0.252. The molecule has 0 aliphatic heterocycles. The molecular weight excluding hydrogens is 560 g/mol. The molecule has 38 heavy (non-hydrogen) atoms. The van der Waals surface area contributed by atoms with Crippen LogP contribution in [0.5, 0.6) is 0 Å². The summed E-state index contributed by atoms with van der Waals surface area (Å²) in [5.74, 6) is 0.353. The average molecular weight is 586 g/mol. The van der Waals surface area contributed by atoms with E-state index in [0.717, 1.165) is 16.6 Å². The maximum atomic E-state index is 13.4. The van der Waals surface area contributed by atoms with Crippen molar-refractivity contribution in [3.05, 3.63) is 130 Å². The number of aromatic nitrogens is 5. The molecule has 190 valence electrons. The molecule has 0 aliphatic rings. The molecule has 0 saturated carbocycles. The lowest BCUT2D eigenvalue weighted by Crippen LogP contribution is -2.27. The molecule has 5 aromatic rings. The minimum Gasteiger partial charge on any atom is -0.351 e. The van der Waals surface area contributed by atoms with Crippen molar-refractivity contribution in [3.63, 3.8) is 0 Å². The summed E-state index contributed by atoms with van der Waals surface area (Å²) < 4.78 is 2.66. The van der Waals surface area contributed by atoms with Crippen molar-refractivity contribution in [1.29, 1.82) is 0 Å². The summed E-state index contributed by atoms with van der Waals surface area (Å²) in [5, 5.41) is 12.3. The first-order valence-electron chi connectivity index (χ1n) is 12.2. The van der Waals surface area contributed by atoms with Crippen LogP contribution in [0.4, 0.5) is 0 Å². The van der Waals surface area contributed by atoms with E-state index in [1.54, 1.807) is 23.1 Å². The van der Waals surface area contributed by atoms with E-state index in [-0.39, 0.29) is 11.8 Å². The Bertz CT molecular complexity index is 1420. The molecule has 2 aromatic heterocycles. The molecule has 0 spiro atoms. The van der Waals surface area contributed by atoms with Crippen LogP contribution < -0.4 is 5.32 Å². The molecule has 5 rings (SSSR count). The van der Waals surface area contributed by atoms with Gasteiger partial charge in [-0.15, -0.1) is 5.10 Å². The zero-order valence-electron chi connectivity index (χ0n) is 20.4. The van der Waals surface area contributed by atoms with Crippen LogP contribution in [0, 0.1) is 0 Å². The van der Waals surface area contributed by atoms with E-state index >= 15 is 0 Å². The van der Waals surface area contributed by atoms with Crippen LogP contribution in [-0.2, 0) is 5.75 Å². The zero-order valence-corrected chi connectivity index (χ0v) is 22.8. The van der Waals surface area contributed by atoms with Gasteiger partial charge in [-0.2, -0.15) is 0 Å². The molecule has 9 heteroatoms. The number of thioether (sulfide) groups is 1. The van der Waals surface area contributed by atoms with Crippen molar-refractivity contribution in [3.8, 4) is 5.69 Å². The predicted octanol–water partition coefficient (Wildman–Crippen LogP) is 6.06. The number of hydrogen-bond donors (Lipinski definition) is 1. The van der Waals surface area contributed by atoms with Gasteiger partial charge in [-0.25, -0.2) is 14.6 Å². The molecule has 0 aliphatic carbocycles. The second kappa shape index (κ2) is 12.6. The summed E-state index contributed by atoms with van der Waals surface area (Å²) in [6.07, 6.45) is 4.15. The van der Waals surface area contributed by atoms with Gasteiger partial charge in [0.1, 0.15) is 0 Å². The molecule has 0 saturated heterocycles. The van der Waals surface area contributed by atoms with Crippen LogP contribution in [0.1, 0.15) is 39.6 Å². The van der Waals surface area contributed by atoms with Crippen LogP contribution in [0.2, 0.25) is 0 Å². The summed E-state index contributed by atoms with van der Waals surface area (Å²) in [6.45, 7) is 0.493. The highest BCUT2D eigenvalue weighted by Crippen LogP contribution is 2.28. The van der Waals surface area contributed by atoms with Crippen LogP contribution in [-0.4, -0.2) is 37.4 Å². The molecule has 0 radical (unpaired) electrons. The van der Waals surface area contributed by atoms with Crippen molar-refractivity contribution >= 4 is 33.6 Å². The Morgan fingerprint density at radius 3 is 2.13 bits per heavy atom. The second-order valence-electron chi connectivity index (χ2n) is 8.51. The van der Waals surface area contributed by atoms with Gasteiger partial charge in [-0.3, -0.25) is 4.79 Å². The molecule has 0 unspecified atom stereocenters. The standard InChI is InChI=1S/C29H25BrN6OS/c30-23-12-14-24(15-13-23)36-26(20-38-29-32-17-7-18-33-29)27(34-35-36)28(37)31-19-16-25(21-8-3-1-4-9-21)22-10-5-2-6-11-22/h1-15,17-18,25H,16,19-20H2,(H,31,37). The Hall–Kier alpha value is -3.82. The van der Waals surface area contributed by atoms with Crippen molar-refractivity contribution in [1.82, 2.24) is 30.3 Å². The van der Waals surface area contributed by atoms with Crippen LogP contribution in [0.25, 0.3) is 5.69 Å². The monoisotopic (exact) mass is 584 g/mol. The van der Waals surface area contributed by atoms with Gasteiger partial charge in [-0.05, 0) is 47.9 Å². The van der Waals surface area contributed by atoms with E-state index in [1.165, 1.54) is 22.9 Å². The smallest absolute Gasteiger partial charge is 0.273 e. The van der Waals surface area contributed by atoms with Crippen LogP contribution >= 0.6 is 27.7 Å². The molecule has 0 bridgehead atoms. The van der Waals surface area contributed by atoms with E-state index in [2.05, 4.69) is 65.8 Å². The molecular formula is C29H25BrN6OS. The van der Waals surface area contributed by atoms with E-state index < -0.39 is 0 Å². The van der Waals surface area contributed by atoms with Crippen molar-refractivity contribution in [2.24, 2.45) is 0 Å². The summed E-state index contributed by atoms with van der Waals surface area (Å²) in [7, 11) is 0. The Kier molecular flexibility index (Phi) is 8.57. The van der Waals surface area contributed by atoms with Gasteiger partial charge in [-0.1, -0.05) is 93.6 Å². The van der Waals surface area contributed by atoms with Crippen LogP contribution in [0.3, 0.4) is 0 Å². The van der Waals surface area contributed by atoms with Gasteiger partial charge in [0, 0.05) is 35.1 Å². The lowest BCUT2D eigenvalue weighted by atomic mass is 9.88. The van der Waals surface area contributed by atoms with E-state index in [1.807, 2.05) is 60.7 Å². The topological polar surface area (TPSA) is 85.6 Å². The molecule has 1 N–H and O–H groups in total. The molecule has 3 aromatic carbocycles. The Morgan fingerprint density at radius 1 is 0.868 bits per heavy atom. The van der Waals surface area contributed by atoms with Gasteiger partial charge in [0.15, 0.2) is 10.9 Å². The highest BCUT2D eigenvalue weighted by Gasteiger charge is 2.22. The second-order valence-corrected chi connectivity index (χ2v) is 10.4. The maximum Gasteiger partial charge on any atom is 0.273 e. The number of hydrogen-bond acceptors (Lipinski definition) is 6. The first-order chi connectivity index (χ1) is 18.7. The first kappa shape index (κ1) is 25.8. The third kappa shape index (κ3) is 6.35. The number of benzene rings is 3. The Morgan fingerprint density at radius 2 is 1.50 bits per heavy atom. The lowest BCUT2D eigenvalue weighted by molar-refractivity contribution is 0.0947. The van der Waals surface area contributed by atoms with Gasteiger partial charge in [0.2, 0.25) is 0 Å². The normalized spacial score (nSPS) is 11.0. The lowest BCUT2D eigenvalue weighted by Gasteiger charge is -2.18. The molecule has 0 atom stereocenters. The maximum absolute atomic E-state index is 13.4. The summed E-state index contributed by atoms with van der Waals surface area (Å²) in [4.78, 5) is 21.9. The summed E-state index contributed by atoms with van der Waals surface area (Å²) in [6, 6.07) is 30.2. The molecule has 7 nitrogen and oxygen atoms in total. The number of halogens is 1. The first-order valence-corrected chi connectivity index (χ1v) is 14.0. The SMILES string of the molecule is O=C(NCCC(c1ccccc1)c1ccccc1)c1nnn(-c2ccc(Br)cc2)c1CSc1ncccn1. The molecule has 0 fully saturated rings. The van der Waals surface area contributed by atoms with Crippen molar-refractivity contribution < 1.29 is 4.79 Å². The molecule has 2 heterocycles. The van der Waals surface area contributed by atoms with Crippen molar-refractivity contribution in [2.45, 2.75) is 23.2 Å². The van der Waals surface area contributed by atoms with Gasteiger partial charge >= 0.3 is 0 Å². The number of nitrogens with zero attached hydrogens (tertiary/aromatic N) is 5. The fourth-order valence-corrected chi connectivity index (χ4v) is 5.26. The number of nitrogens with one attached hydrogen (secondary N) is 1. The fraction of sp³-hybridized carbons (Fsp3) is 0.138. The zero-order chi connectivity index (χ0) is 26.2. The van der Waals surface area contributed by atoms with Crippen LogP contribution in [0.15, 0.2) is 113 Å². The third-order valence-corrected chi connectivity index (χ3v) is 7.47. The minimum absolute atomic E-state index is 0.168. The van der Waals surface area contributed by atoms with Crippen molar-refractivity contribution in [2.75, 3.05) is 6.54 Å². The highest BCUT2D eigenvalue weighted by atomic mass is 79.9. The van der Waals surface area contributed by atoms with E-state index in [0.29, 0.717) is 28.8 Å². The number of amides is 1. The quantitative estimate of drug-likeness (QED) is 0.158. The average Bonchev–Trinajstić information content (AvgIpc) is 3.40. The van der Waals surface area contributed by atoms with Gasteiger partial charge < -0.3 is 5.32 Å². The van der Waals surface area contributed by atoms with E-state index in [9.17, 15) is 4.79 Å². The number of rotatable bonds is 10. The third-order valence-electron chi connectivity index (χ3n) is 6.05. The summed E-state index contributed by atoms with van der Waals surface area (Å²) >= 11 is 4.90. The Balaban J connectivity index is 1.34. The fourth-order valence-electron chi connectivity index (χ4n) is 4.20. The molecule has 1 amide bonds. The largest absolute Gasteiger partial charge is 0.351 e. The highest BCUT2D eigenvalue weighted by molar-refractivity contribution is 9.10. The number of carbonyl (C=O) groups is 1. The Labute approximate surface area is 233 Å². The van der Waals surface area contributed by atoms with Gasteiger partial charge in [0.25, 0.3) is 5.91 Å². The van der Waals surface area contributed by atoms with E-state index in [4.69, 9.17) is 0 Å². The number of carbonyl (C=O) groups excluding carboxylic acids is 1. The predicted molar refractivity (Wildman–Crippen MR) is 152 cm³/mol.